The molecule has 0 radical (unpaired) electrons. The Balaban J connectivity index is 2.22. The van der Waals surface area contributed by atoms with Gasteiger partial charge in [0.1, 0.15) is 0 Å². The third kappa shape index (κ3) is 1.59. The minimum atomic E-state index is 0.639. The maximum absolute atomic E-state index is 4.37. The van der Waals surface area contributed by atoms with Crippen molar-refractivity contribution >= 4 is 24.4 Å². The normalized spacial score (nSPS) is 38.2. The lowest BCUT2D eigenvalue weighted by atomic mass is 10.1. The van der Waals surface area contributed by atoms with Crippen LogP contribution in [0.25, 0.3) is 0 Å². The monoisotopic (exact) mass is 148 g/mol. The van der Waals surface area contributed by atoms with Gasteiger partial charge in [0.2, 0.25) is 0 Å². The van der Waals surface area contributed by atoms with Crippen molar-refractivity contribution in [1.29, 1.82) is 0 Å². The molecule has 0 aromatic rings. The Morgan fingerprint density at radius 1 is 1.75 bits per heavy atom. The first-order valence-corrected chi connectivity index (χ1v) is 4.69. The van der Waals surface area contributed by atoms with E-state index in [-0.39, 0.29) is 0 Å². The first-order valence-electron chi connectivity index (χ1n) is 3.12. The number of hydrogen-bond donors (Lipinski definition) is 1. The van der Waals surface area contributed by atoms with Gasteiger partial charge >= 0.3 is 0 Å². The largest absolute Gasteiger partial charge is 0.165 e. The van der Waals surface area contributed by atoms with Crippen molar-refractivity contribution < 1.29 is 0 Å². The van der Waals surface area contributed by atoms with Gasteiger partial charge in [0.05, 0.1) is 0 Å². The smallest absolute Gasteiger partial charge is 0.0475 e. The molecule has 2 atom stereocenters. The van der Waals surface area contributed by atoms with Gasteiger partial charge in [-0.3, -0.25) is 0 Å². The van der Waals surface area contributed by atoms with Crippen LogP contribution in [-0.2, 0) is 0 Å². The van der Waals surface area contributed by atoms with Crippen LogP contribution in [0.3, 0.4) is 0 Å². The molecule has 0 saturated carbocycles. The molecule has 0 bridgehead atoms. The van der Waals surface area contributed by atoms with Crippen LogP contribution in [0.5, 0.6) is 0 Å². The fourth-order valence-corrected chi connectivity index (χ4v) is 2.78. The SMILES string of the molecule is CCC1CSC(S)C1. The van der Waals surface area contributed by atoms with Gasteiger partial charge in [0.15, 0.2) is 0 Å². The predicted molar refractivity (Wildman–Crippen MR) is 43.6 cm³/mol. The van der Waals surface area contributed by atoms with Gasteiger partial charge in [0.25, 0.3) is 0 Å². The highest BCUT2D eigenvalue weighted by molar-refractivity contribution is 8.10. The summed E-state index contributed by atoms with van der Waals surface area (Å²) in [5, 5.41) is 0. The van der Waals surface area contributed by atoms with E-state index in [0.29, 0.717) is 4.58 Å². The van der Waals surface area contributed by atoms with Crippen molar-refractivity contribution in [2.75, 3.05) is 5.75 Å². The lowest BCUT2D eigenvalue weighted by Crippen LogP contribution is -1.94. The van der Waals surface area contributed by atoms with E-state index in [4.69, 9.17) is 0 Å². The molecule has 2 unspecified atom stereocenters. The highest BCUT2D eigenvalue weighted by Crippen LogP contribution is 2.34. The summed E-state index contributed by atoms with van der Waals surface area (Å²) in [4.78, 5) is 0. The molecule has 0 N–H and O–H groups in total. The van der Waals surface area contributed by atoms with Crippen LogP contribution >= 0.6 is 24.4 Å². The summed E-state index contributed by atoms with van der Waals surface area (Å²) >= 11 is 6.36. The minimum absolute atomic E-state index is 0.639. The molecule has 2 heteroatoms. The second kappa shape index (κ2) is 3.02. The summed E-state index contributed by atoms with van der Waals surface area (Å²) < 4.78 is 0.639. The summed E-state index contributed by atoms with van der Waals surface area (Å²) in [7, 11) is 0. The Kier molecular flexibility index (Phi) is 2.57. The molecule has 0 aromatic carbocycles. The fraction of sp³-hybridized carbons (Fsp3) is 1.00. The molecule has 0 aliphatic carbocycles. The van der Waals surface area contributed by atoms with E-state index in [0.717, 1.165) is 5.92 Å². The minimum Gasteiger partial charge on any atom is -0.165 e. The maximum Gasteiger partial charge on any atom is 0.0475 e. The molecule has 48 valence electrons. The quantitative estimate of drug-likeness (QED) is 0.557. The molecule has 1 heterocycles. The van der Waals surface area contributed by atoms with Crippen LogP contribution in [0, 0.1) is 5.92 Å². The van der Waals surface area contributed by atoms with Gasteiger partial charge in [-0.25, -0.2) is 0 Å². The van der Waals surface area contributed by atoms with Gasteiger partial charge in [-0.2, -0.15) is 12.6 Å². The Bertz CT molecular complexity index is 72.9. The van der Waals surface area contributed by atoms with Crippen molar-refractivity contribution in [2.45, 2.75) is 24.3 Å². The van der Waals surface area contributed by atoms with E-state index in [9.17, 15) is 0 Å². The number of hydrogen-bond acceptors (Lipinski definition) is 2. The first-order chi connectivity index (χ1) is 3.83. The zero-order chi connectivity index (χ0) is 5.98. The summed E-state index contributed by atoms with van der Waals surface area (Å²) in [6.45, 7) is 2.26. The zero-order valence-corrected chi connectivity index (χ0v) is 6.84. The Labute approximate surface area is 60.8 Å². The van der Waals surface area contributed by atoms with Gasteiger partial charge in [-0.05, 0) is 18.1 Å². The summed E-state index contributed by atoms with van der Waals surface area (Å²) in [5.41, 5.74) is 0. The van der Waals surface area contributed by atoms with E-state index in [1.807, 2.05) is 11.8 Å². The maximum atomic E-state index is 4.37. The fourth-order valence-electron chi connectivity index (χ4n) is 0.953. The first kappa shape index (κ1) is 6.81. The molecule has 1 saturated heterocycles. The number of thioether (sulfide) groups is 1. The van der Waals surface area contributed by atoms with Crippen LogP contribution < -0.4 is 0 Å². The van der Waals surface area contributed by atoms with Crippen molar-refractivity contribution in [2.24, 2.45) is 5.92 Å². The summed E-state index contributed by atoms with van der Waals surface area (Å²) in [6, 6.07) is 0. The van der Waals surface area contributed by atoms with Crippen LogP contribution in [0.1, 0.15) is 19.8 Å². The van der Waals surface area contributed by atoms with Gasteiger partial charge in [0, 0.05) is 4.58 Å². The van der Waals surface area contributed by atoms with Crippen molar-refractivity contribution in [3.8, 4) is 0 Å². The Morgan fingerprint density at radius 3 is 2.75 bits per heavy atom. The molecule has 1 aliphatic heterocycles. The number of rotatable bonds is 1. The molecular formula is C6H12S2. The molecule has 0 spiro atoms. The van der Waals surface area contributed by atoms with Crippen molar-refractivity contribution in [1.82, 2.24) is 0 Å². The number of thiol groups is 1. The molecule has 1 aliphatic rings. The van der Waals surface area contributed by atoms with Gasteiger partial charge in [-0.1, -0.05) is 13.3 Å². The van der Waals surface area contributed by atoms with E-state index in [1.54, 1.807) is 0 Å². The molecule has 0 amide bonds. The Morgan fingerprint density at radius 2 is 2.50 bits per heavy atom. The zero-order valence-electron chi connectivity index (χ0n) is 5.13. The average Bonchev–Trinajstić information content (AvgIpc) is 2.14. The van der Waals surface area contributed by atoms with Crippen LogP contribution in [0.2, 0.25) is 0 Å². The van der Waals surface area contributed by atoms with E-state index in [2.05, 4.69) is 19.6 Å². The lowest BCUT2D eigenvalue weighted by Gasteiger charge is -2.00. The standard InChI is InChI=1S/C6H12S2/c1-2-5-3-6(7)8-4-5/h5-7H,2-4H2,1H3. The third-order valence-corrected chi connectivity index (χ3v) is 3.54. The predicted octanol–water partition coefficient (Wildman–Crippen LogP) is 2.41. The van der Waals surface area contributed by atoms with Crippen molar-refractivity contribution in [3.05, 3.63) is 0 Å². The highest BCUT2D eigenvalue weighted by Gasteiger charge is 2.20. The lowest BCUT2D eigenvalue weighted by molar-refractivity contribution is 0.571. The van der Waals surface area contributed by atoms with E-state index < -0.39 is 0 Å². The molecular weight excluding hydrogens is 136 g/mol. The molecule has 0 aromatic heterocycles. The van der Waals surface area contributed by atoms with Gasteiger partial charge < -0.3 is 0 Å². The Hall–Kier alpha value is 0.700. The molecule has 1 fully saturated rings. The second-order valence-corrected chi connectivity index (χ2v) is 4.51. The summed E-state index contributed by atoms with van der Waals surface area (Å²) in [5.74, 6) is 2.30. The van der Waals surface area contributed by atoms with Crippen LogP contribution in [-0.4, -0.2) is 10.3 Å². The van der Waals surface area contributed by atoms with Gasteiger partial charge in [-0.15, -0.1) is 11.8 Å². The topological polar surface area (TPSA) is 0 Å². The summed E-state index contributed by atoms with van der Waals surface area (Å²) in [6.07, 6.45) is 2.66. The third-order valence-electron chi connectivity index (χ3n) is 1.64. The molecule has 1 rings (SSSR count). The highest BCUT2D eigenvalue weighted by atomic mass is 32.2. The van der Waals surface area contributed by atoms with E-state index >= 15 is 0 Å². The van der Waals surface area contributed by atoms with E-state index in [1.165, 1.54) is 18.6 Å². The average molecular weight is 148 g/mol. The molecule has 8 heavy (non-hydrogen) atoms. The van der Waals surface area contributed by atoms with Crippen LogP contribution in [0.4, 0.5) is 0 Å². The second-order valence-electron chi connectivity index (χ2n) is 2.30. The van der Waals surface area contributed by atoms with Crippen molar-refractivity contribution in [3.63, 3.8) is 0 Å². The van der Waals surface area contributed by atoms with Crippen LogP contribution in [0.15, 0.2) is 0 Å². The molecule has 0 nitrogen and oxygen atoms in total.